The van der Waals surface area contributed by atoms with Crippen LogP contribution >= 0.6 is 0 Å². The van der Waals surface area contributed by atoms with Gasteiger partial charge in [-0.15, -0.1) is 0 Å². The summed E-state index contributed by atoms with van der Waals surface area (Å²) in [6.45, 7) is 8.30. The maximum atomic E-state index is 9.41. The number of phenols is 1. The van der Waals surface area contributed by atoms with Gasteiger partial charge in [0, 0.05) is 17.9 Å². The van der Waals surface area contributed by atoms with Crippen molar-refractivity contribution >= 4 is 0 Å². The molecular formula is C13H18O3. The zero-order valence-corrected chi connectivity index (χ0v) is 10.2. The van der Waals surface area contributed by atoms with E-state index in [0.29, 0.717) is 11.5 Å². The Kier molecular flexibility index (Phi) is 2.49. The number of hydrogen-bond donors (Lipinski definition) is 1. The van der Waals surface area contributed by atoms with Crippen LogP contribution in [0.5, 0.6) is 17.2 Å². The molecule has 1 aromatic carbocycles. The van der Waals surface area contributed by atoms with E-state index in [1.54, 1.807) is 18.2 Å². The summed E-state index contributed by atoms with van der Waals surface area (Å²) in [5.74, 6) is 1.40. The molecule has 0 fully saturated rings. The SMILES string of the molecule is CC(C)C1(C(C)C)Oc2ccc(O)cc2O1. The Bertz CT molecular complexity index is 388. The number of aromatic hydroxyl groups is 1. The van der Waals surface area contributed by atoms with E-state index in [-0.39, 0.29) is 17.6 Å². The van der Waals surface area contributed by atoms with Crippen molar-refractivity contribution in [1.29, 1.82) is 0 Å². The van der Waals surface area contributed by atoms with E-state index >= 15 is 0 Å². The molecule has 0 amide bonds. The quantitative estimate of drug-likeness (QED) is 0.835. The van der Waals surface area contributed by atoms with Crippen LogP contribution in [0.3, 0.4) is 0 Å². The van der Waals surface area contributed by atoms with Crippen molar-refractivity contribution < 1.29 is 14.6 Å². The highest BCUT2D eigenvalue weighted by Crippen LogP contribution is 2.46. The average molecular weight is 222 g/mol. The standard InChI is InChI=1S/C13H18O3/c1-8(2)13(9(3)4)15-11-6-5-10(14)7-12(11)16-13/h5-9,14H,1-4H3. The normalized spacial score (nSPS) is 17.1. The highest BCUT2D eigenvalue weighted by atomic mass is 16.7. The van der Waals surface area contributed by atoms with Crippen LogP contribution < -0.4 is 9.47 Å². The Hall–Kier alpha value is -1.38. The van der Waals surface area contributed by atoms with Crippen LogP contribution in [0.4, 0.5) is 0 Å². The maximum absolute atomic E-state index is 9.41. The molecule has 1 N–H and O–H groups in total. The first kappa shape index (κ1) is 11.1. The molecule has 0 aliphatic carbocycles. The van der Waals surface area contributed by atoms with Crippen molar-refractivity contribution in [3.8, 4) is 17.2 Å². The summed E-state index contributed by atoms with van der Waals surface area (Å²) in [6, 6.07) is 4.96. The summed E-state index contributed by atoms with van der Waals surface area (Å²) in [5.41, 5.74) is 0. The third kappa shape index (κ3) is 1.51. The van der Waals surface area contributed by atoms with Gasteiger partial charge in [-0.3, -0.25) is 0 Å². The molecule has 1 aliphatic rings. The van der Waals surface area contributed by atoms with Crippen LogP contribution in [0.25, 0.3) is 0 Å². The Morgan fingerprint density at radius 2 is 1.56 bits per heavy atom. The maximum Gasteiger partial charge on any atom is 0.256 e. The summed E-state index contributed by atoms with van der Waals surface area (Å²) in [6.07, 6.45) is 0. The van der Waals surface area contributed by atoms with Crippen molar-refractivity contribution in [3.63, 3.8) is 0 Å². The van der Waals surface area contributed by atoms with Gasteiger partial charge in [0.1, 0.15) is 5.75 Å². The lowest BCUT2D eigenvalue weighted by molar-refractivity contribution is -0.150. The monoisotopic (exact) mass is 222 g/mol. The molecule has 3 heteroatoms. The molecule has 1 aliphatic heterocycles. The van der Waals surface area contributed by atoms with Crippen molar-refractivity contribution in [2.75, 3.05) is 0 Å². The summed E-state index contributed by atoms with van der Waals surface area (Å²) < 4.78 is 11.9. The smallest absolute Gasteiger partial charge is 0.256 e. The lowest BCUT2D eigenvalue weighted by Gasteiger charge is -2.35. The van der Waals surface area contributed by atoms with Crippen LogP contribution in [0.15, 0.2) is 18.2 Å². The number of fused-ring (bicyclic) bond motifs is 1. The van der Waals surface area contributed by atoms with Crippen molar-refractivity contribution in [2.24, 2.45) is 11.8 Å². The largest absolute Gasteiger partial charge is 0.508 e. The first-order chi connectivity index (χ1) is 7.45. The second kappa shape index (κ2) is 3.58. The number of phenolic OH excluding ortho intramolecular Hbond substituents is 1. The second-order valence-corrected chi connectivity index (χ2v) is 4.87. The lowest BCUT2D eigenvalue weighted by Crippen LogP contribution is -2.48. The minimum atomic E-state index is -0.615. The second-order valence-electron chi connectivity index (χ2n) is 4.87. The van der Waals surface area contributed by atoms with Gasteiger partial charge in [-0.25, -0.2) is 0 Å². The van der Waals surface area contributed by atoms with Crippen LogP contribution in [0.1, 0.15) is 27.7 Å². The third-order valence-corrected chi connectivity index (χ3v) is 3.08. The molecule has 0 unspecified atom stereocenters. The minimum Gasteiger partial charge on any atom is -0.508 e. The van der Waals surface area contributed by atoms with Crippen LogP contribution in [-0.4, -0.2) is 10.9 Å². The molecular weight excluding hydrogens is 204 g/mol. The fourth-order valence-electron chi connectivity index (χ4n) is 2.16. The molecule has 0 spiro atoms. The third-order valence-electron chi connectivity index (χ3n) is 3.08. The first-order valence-electron chi connectivity index (χ1n) is 5.66. The molecule has 88 valence electrons. The van der Waals surface area contributed by atoms with Gasteiger partial charge in [0.15, 0.2) is 11.5 Å². The van der Waals surface area contributed by atoms with E-state index < -0.39 is 5.79 Å². The summed E-state index contributed by atoms with van der Waals surface area (Å²) in [4.78, 5) is 0. The van der Waals surface area contributed by atoms with Gasteiger partial charge >= 0.3 is 0 Å². The predicted octanol–water partition coefficient (Wildman–Crippen LogP) is 3.17. The van der Waals surface area contributed by atoms with Crippen LogP contribution in [-0.2, 0) is 0 Å². The molecule has 1 heterocycles. The van der Waals surface area contributed by atoms with E-state index in [2.05, 4.69) is 27.7 Å². The van der Waals surface area contributed by atoms with E-state index in [1.165, 1.54) is 0 Å². The van der Waals surface area contributed by atoms with E-state index in [0.717, 1.165) is 0 Å². The molecule has 3 nitrogen and oxygen atoms in total. The van der Waals surface area contributed by atoms with Crippen LogP contribution in [0.2, 0.25) is 0 Å². The van der Waals surface area contributed by atoms with Crippen LogP contribution in [0, 0.1) is 11.8 Å². The molecule has 0 saturated carbocycles. The molecule has 0 radical (unpaired) electrons. The fraction of sp³-hybridized carbons (Fsp3) is 0.538. The predicted molar refractivity (Wildman–Crippen MR) is 61.8 cm³/mol. The van der Waals surface area contributed by atoms with Gasteiger partial charge in [0.2, 0.25) is 0 Å². The van der Waals surface area contributed by atoms with Crippen molar-refractivity contribution in [1.82, 2.24) is 0 Å². The topological polar surface area (TPSA) is 38.7 Å². The van der Waals surface area contributed by atoms with Gasteiger partial charge in [-0.2, -0.15) is 0 Å². The molecule has 0 atom stereocenters. The number of ether oxygens (including phenoxy) is 2. The Balaban J connectivity index is 2.39. The highest BCUT2D eigenvalue weighted by Gasteiger charge is 2.47. The van der Waals surface area contributed by atoms with Crippen molar-refractivity contribution in [3.05, 3.63) is 18.2 Å². The number of hydrogen-bond acceptors (Lipinski definition) is 3. The molecule has 1 aromatic rings. The van der Waals surface area contributed by atoms with E-state index in [9.17, 15) is 5.11 Å². The summed E-state index contributed by atoms with van der Waals surface area (Å²) in [7, 11) is 0. The zero-order valence-electron chi connectivity index (χ0n) is 10.2. The zero-order chi connectivity index (χ0) is 11.9. The fourth-order valence-corrected chi connectivity index (χ4v) is 2.16. The minimum absolute atomic E-state index is 0.200. The Labute approximate surface area is 96.0 Å². The Morgan fingerprint density at radius 3 is 2.12 bits per heavy atom. The van der Waals surface area contributed by atoms with Gasteiger partial charge in [0.25, 0.3) is 5.79 Å². The number of benzene rings is 1. The van der Waals surface area contributed by atoms with Gasteiger partial charge in [0.05, 0.1) is 0 Å². The highest BCUT2D eigenvalue weighted by molar-refractivity contribution is 5.47. The molecule has 2 rings (SSSR count). The summed E-state index contributed by atoms with van der Waals surface area (Å²) in [5, 5.41) is 9.41. The van der Waals surface area contributed by atoms with Crippen molar-refractivity contribution in [2.45, 2.75) is 33.5 Å². The molecule has 0 aromatic heterocycles. The average Bonchev–Trinajstić information content (AvgIpc) is 2.57. The molecule has 0 bridgehead atoms. The van der Waals surface area contributed by atoms with Gasteiger partial charge < -0.3 is 14.6 Å². The van der Waals surface area contributed by atoms with Gasteiger partial charge in [-0.1, -0.05) is 27.7 Å². The van der Waals surface area contributed by atoms with E-state index in [4.69, 9.17) is 9.47 Å². The Morgan fingerprint density at radius 1 is 1.00 bits per heavy atom. The first-order valence-corrected chi connectivity index (χ1v) is 5.66. The molecule has 16 heavy (non-hydrogen) atoms. The molecule has 0 saturated heterocycles. The van der Waals surface area contributed by atoms with Gasteiger partial charge in [-0.05, 0) is 12.1 Å². The lowest BCUT2D eigenvalue weighted by atomic mass is 9.91. The van der Waals surface area contributed by atoms with E-state index in [1.807, 2.05) is 0 Å². The summed E-state index contributed by atoms with van der Waals surface area (Å²) >= 11 is 0. The number of rotatable bonds is 2.